The van der Waals surface area contributed by atoms with Gasteiger partial charge in [-0.1, -0.05) is 29.8 Å². The first kappa shape index (κ1) is 15.8. The van der Waals surface area contributed by atoms with Crippen molar-refractivity contribution in [2.45, 2.75) is 25.1 Å². The van der Waals surface area contributed by atoms with Gasteiger partial charge in [-0.2, -0.15) is 4.31 Å². The van der Waals surface area contributed by atoms with E-state index >= 15 is 0 Å². The molecule has 0 aliphatic carbocycles. The highest BCUT2D eigenvalue weighted by molar-refractivity contribution is 7.88. The summed E-state index contributed by atoms with van der Waals surface area (Å²) in [5.41, 5.74) is 2.05. The number of hydrogen-bond donors (Lipinski definition) is 1. The molecular weight excluding hydrogens is 288 g/mol. The molecule has 21 heavy (non-hydrogen) atoms. The normalized spacial score (nSPS) is 12.0. The minimum atomic E-state index is -3.61. The third-order valence-corrected chi connectivity index (χ3v) is 4.82. The van der Waals surface area contributed by atoms with E-state index in [0.29, 0.717) is 18.8 Å². The Morgan fingerprint density at radius 2 is 2.00 bits per heavy atom. The van der Waals surface area contributed by atoms with Crippen LogP contribution in [0.1, 0.15) is 16.9 Å². The molecule has 6 heteroatoms. The molecule has 0 aliphatic rings. The molecule has 0 saturated heterocycles. The van der Waals surface area contributed by atoms with Crippen LogP contribution >= 0.6 is 0 Å². The maximum atomic E-state index is 12.5. The SMILES string of the molecule is CNCc1ccc(S(=O)(=O)N(C)Cc2cccc(C)c2)o1. The number of sulfonamides is 1. The van der Waals surface area contributed by atoms with Crippen LogP contribution in [0.4, 0.5) is 0 Å². The van der Waals surface area contributed by atoms with Crippen LogP contribution < -0.4 is 5.32 Å². The van der Waals surface area contributed by atoms with Crippen molar-refractivity contribution in [2.24, 2.45) is 0 Å². The molecule has 2 rings (SSSR count). The molecule has 2 aromatic rings. The third kappa shape index (κ3) is 3.72. The molecule has 0 fully saturated rings. The highest BCUT2D eigenvalue weighted by Crippen LogP contribution is 2.19. The Hall–Kier alpha value is -1.63. The lowest BCUT2D eigenvalue weighted by Crippen LogP contribution is -2.26. The number of benzene rings is 1. The molecule has 0 saturated carbocycles. The van der Waals surface area contributed by atoms with Gasteiger partial charge in [-0.05, 0) is 31.7 Å². The van der Waals surface area contributed by atoms with Gasteiger partial charge in [0, 0.05) is 13.6 Å². The van der Waals surface area contributed by atoms with Gasteiger partial charge >= 0.3 is 0 Å². The van der Waals surface area contributed by atoms with Gasteiger partial charge in [-0.3, -0.25) is 0 Å². The van der Waals surface area contributed by atoms with E-state index in [1.165, 1.54) is 10.4 Å². The first-order chi connectivity index (χ1) is 9.93. The Morgan fingerprint density at radius 3 is 2.67 bits per heavy atom. The summed E-state index contributed by atoms with van der Waals surface area (Å²) >= 11 is 0. The molecule has 5 nitrogen and oxygen atoms in total. The van der Waals surface area contributed by atoms with Crippen LogP contribution in [0.3, 0.4) is 0 Å². The van der Waals surface area contributed by atoms with E-state index < -0.39 is 10.0 Å². The van der Waals surface area contributed by atoms with Gasteiger partial charge in [-0.15, -0.1) is 0 Å². The maximum Gasteiger partial charge on any atom is 0.276 e. The standard InChI is InChI=1S/C15H20N2O3S/c1-12-5-4-6-13(9-12)11-17(3)21(18,19)15-8-7-14(20-15)10-16-2/h4-9,16H,10-11H2,1-3H3. The molecule has 114 valence electrons. The Morgan fingerprint density at radius 1 is 1.24 bits per heavy atom. The van der Waals surface area contributed by atoms with E-state index in [-0.39, 0.29) is 5.09 Å². The van der Waals surface area contributed by atoms with Crippen LogP contribution in [0.15, 0.2) is 45.9 Å². The van der Waals surface area contributed by atoms with Gasteiger partial charge in [0.1, 0.15) is 5.76 Å². The van der Waals surface area contributed by atoms with Crippen LogP contribution in [-0.2, 0) is 23.1 Å². The van der Waals surface area contributed by atoms with Crippen molar-refractivity contribution < 1.29 is 12.8 Å². The smallest absolute Gasteiger partial charge is 0.276 e. The van der Waals surface area contributed by atoms with E-state index in [1.807, 2.05) is 31.2 Å². The number of nitrogens with zero attached hydrogens (tertiary/aromatic N) is 1. The Balaban J connectivity index is 2.17. The Bertz CT molecular complexity index is 707. The summed E-state index contributed by atoms with van der Waals surface area (Å²) < 4.78 is 31.6. The first-order valence-corrected chi connectivity index (χ1v) is 8.12. The van der Waals surface area contributed by atoms with Gasteiger partial charge in [0.2, 0.25) is 5.09 Å². The molecule has 0 amide bonds. The van der Waals surface area contributed by atoms with Crippen molar-refractivity contribution in [2.75, 3.05) is 14.1 Å². The van der Waals surface area contributed by atoms with Crippen LogP contribution in [0.5, 0.6) is 0 Å². The van der Waals surface area contributed by atoms with Gasteiger partial charge in [-0.25, -0.2) is 8.42 Å². The summed E-state index contributed by atoms with van der Waals surface area (Å²) in [5.74, 6) is 0.597. The number of hydrogen-bond acceptors (Lipinski definition) is 4. The van der Waals surface area contributed by atoms with Gasteiger partial charge < -0.3 is 9.73 Å². The molecule has 0 aliphatic heterocycles. The molecule has 0 atom stereocenters. The fourth-order valence-corrected chi connectivity index (χ4v) is 3.15. The lowest BCUT2D eigenvalue weighted by Gasteiger charge is -2.15. The summed E-state index contributed by atoms with van der Waals surface area (Å²) in [5, 5.41) is 2.90. The van der Waals surface area contributed by atoms with Crippen LogP contribution in [0.25, 0.3) is 0 Å². The fourth-order valence-electron chi connectivity index (χ4n) is 2.07. The molecule has 0 unspecified atom stereocenters. The largest absolute Gasteiger partial charge is 0.447 e. The zero-order chi connectivity index (χ0) is 15.5. The summed E-state index contributed by atoms with van der Waals surface area (Å²) in [6.45, 7) is 2.79. The molecular formula is C15H20N2O3S. The van der Waals surface area contributed by atoms with Gasteiger partial charge in [0.25, 0.3) is 10.0 Å². The minimum Gasteiger partial charge on any atom is -0.447 e. The fraction of sp³-hybridized carbons (Fsp3) is 0.333. The van der Waals surface area contributed by atoms with E-state index in [2.05, 4.69) is 5.32 Å². The number of furan rings is 1. The highest BCUT2D eigenvalue weighted by Gasteiger charge is 2.24. The zero-order valence-corrected chi connectivity index (χ0v) is 13.3. The van der Waals surface area contributed by atoms with Crippen molar-refractivity contribution in [3.8, 4) is 0 Å². The molecule has 1 N–H and O–H groups in total. The third-order valence-electron chi connectivity index (χ3n) is 3.14. The average Bonchev–Trinajstić information content (AvgIpc) is 2.88. The van der Waals surface area contributed by atoms with Crippen molar-refractivity contribution in [3.63, 3.8) is 0 Å². The average molecular weight is 308 g/mol. The second-order valence-corrected chi connectivity index (χ2v) is 6.98. The Labute approximate surface area is 125 Å². The van der Waals surface area contributed by atoms with Gasteiger partial charge in [0.15, 0.2) is 0 Å². The summed E-state index contributed by atoms with van der Waals surface area (Å²) in [6, 6.07) is 10.9. The molecule has 0 spiro atoms. The second kappa shape index (κ2) is 6.43. The summed E-state index contributed by atoms with van der Waals surface area (Å²) in [4.78, 5) is 0. The number of rotatable bonds is 6. The molecule has 1 aromatic heterocycles. The van der Waals surface area contributed by atoms with Crippen molar-refractivity contribution >= 4 is 10.0 Å². The molecule has 0 bridgehead atoms. The number of nitrogens with one attached hydrogen (secondary N) is 1. The van der Waals surface area contributed by atoms with Crippen molar-refractivity contribution in [1.29, 1.82) is 0 Å². The lowest BCUT2D eigenvalue weighted by atomic mass is 10.1. The topological polar surface area (TPSA) is 62.6 Å². The maximum absolute atomic E-state index is 12.5. The second-order valence-electron chi connectivity index (χ2n) is 5.00. The molecule has 1 aromatic carbocycles. The van der Waals surface area contributed by atoms with Crippen LogP contribution in [0, 0.1) is 6.92 Å². The molecule has 1 heterocycles. The zero-order valence-electron chi connectivity index (χ0n) is 12.5. The number of aryl methyl sites for hydroxylation is 1. The van der Waals surface area contributed by atoms with E-state index in [4.69, 9.17) is 4.42 Å². The monoisotopic (exact) mass is 308 g/mol. The summed E-state index contributed by atoms with van der Waals surface area (Å²) in [7, 11) is -0.277. The van der Waals surface area contributed by atoms with Crippen LogP contribution in [0.2, 0.25) is 0 Å². The lowest BCUT2D eigenvalue weighted by molar-refractivity contribution is 0.382. The van der Waals surface area contributed by atoms with E-state index in [9.17, 15) is 8.42 Å². The predicted octanol–water partition coefficient (Wildman–Crippen LogP) is 2.13. The Kier molecular flexibility index (Phi) is 4.82. The van der Waals surface area contributed by atoms with E-state index in [0.717, 1.165) is 11.1 Å². The quantitative estimate of drug-likeness (QED) is 0.888. The first-order valence-electron chi connectivity index (χ1n) is 6.68. The van der Waals surface area contributed by atoms with Crippen LogP contribution in [-0.4, -0.2) is 26.8 Å². The minimum absolute atomic E-state index is 0.0251. The van der Waals surface area contributed by atoms with Crippen molar-refractivity contribution in [1.82, 2.24) is 9.62 Å². The summed E-state index contributed by atoms with van der Waals surface area (Å²) in [6.07, 6.45) is 0. The molecule has 0 radical (unpaired) electrons. The highest BCUT2D eigenvalue weighted by atomic mass is 32.2. The van der Waals surface area contributed by atoms with Crippen molar-refractivity contribution in [3.05, 3.63) is 53.3 Å². The van der Waals surface area contributed by atoms with Gasteiger partial charge in [0.05, 0.1) is 6.54 Å². The van der Waals surface area contributed by atoms with E-state index in [1.54, 1.807) is 20.2 Å². The predicted molar refractivity (Wildman–Crippen MR) is 81.3 cm³/mol.